The summed E-state index contributed by atoms with van der Waals surface area (Å²) in [5.41, 5.74) is 2.22. The number of aromatic nitrogens is 6. The first kappa shape index (κ1) is 19.9. The summed E-state index contributed by atoms with van der Waals surface area (Å²) in [5.74, 6) is 1.96. The highest BCUT2D eigenvalue weighted by molar-refractivity contribution is 6.01. The molecule has 1 aliphatic heterocycles. The van der Waals surface area contributed by atoms with Crippen LogP contribution in [0.25, 0.3) is 22.8 Å². The van der Waals surface area contributed by atoms with E-state index in [9.17, 15) is 4.79 Å². The van der Waals surface area contributed by atoms with E-state index in [4.69, 9.17) is 10.1 Å². The summed E-state index contributed by atoms with van der Waals surface area (Å²) in [6.07, 6.45) is 10.5. The lowest BCUT2D eigenvalue weighted by Gasteiger charge is -2.37. The fourth-order valence-corrected chi connectivity index (χ4v) is 3.90. The molecule has 0 bridgehead atoms. The van der Waals surface area contributed by atoms with Crippen molar-refractivity contribution in [1.82, 2.24) is 30.1 Å². The number of anilines is 2. The number of amides is 1. The summed E-state index contributed by atoms with van der Waals surface area (Å²) in [5, 5.41) is 16.7. The number of nitrogens with zero attached hydrogens (tertiary/aromatic N) is 6. The Labute approximate surface area is 175 Å². The number of carbonyl (C=O) groups excluding carboxylic acids is 1. The molecular weight excluding hydrogens is 384 g/mol. The van der Waals surface area contributed by atoms with Crippen LogP contribution in [0.1, 0.15) is 33.5 Å². The van der Waals surface area contributed by atoms with Crippen LogP contribution in [0.3, 0.4) is 0 Å². The lowest BCUT2D eigenvalue weighted by atomic mass is 9.94. The second kappa shape index (κ2) is 8.95. The van der Waals surface area contributed by atoms with Gasteiger partial charge in [-0.25, -0.2) is 15.0 Å². The van der Waals surface area contributed by atoms with Gasteiger partial charge in [0.1, 0.15) is 12.0 Å². The first-order chi connectivity index (χ1) is 14.8. The minimum absolute atomic E-state index is 0. The maximum atomic E-state index is 12.6. The first-order valence-corrected chi connectivity index (χ1v) is 9.99. The van der Waals surface area contributed by atoms with Gasteiger partial charge in [-0.05, 0) is 25.0 Å². The molecule has 10 nitrogen and oxygen atoms in total. The first-order valence-electron chi connectivity index (χ1n) is 9.99. The number of aliphatic hydroxyl groups is 1. The van der Waals surface area contributed by atoms with Crippen molar-refractivity contribution in [3.63, 3.8) is 0 Å². The molecule has 1 saturated carbocycles. The van der Waals surface area contributed by atoms with E-state index in [0.717, 1.165) is 38.4 Å². The number of pyridine rings is 1. The normalized spacial score (nSPS) is 16.3. The minimum atomic E-state index is 0. The second-order valence-electron chi connectivity index (χ2n) is 7.10. The van der Waals surface area contributed by atoms with Crippen molar-refractivity contribution < 1.29 is 11.3 Å². The number of H-pyrrole nitrogens is 1. The molecule has 0 saturated heterocycles. The lowest BCUT2D eigenvalue weighted by molar-refractivity contribution is -0.117. The Morgan fingerprint density at radius 2 is 1.90 bits per heavy atom. The van der Waals surface area contributed by atoms with Gasteiger partial charge in [-0.2, -0.15) is 5.10 Å². The molecule has 10 heteroatoms. The second-order valence-corrected chi connectivity index (χ2v) is 7.10. The van der Waals surface area contributed by atoms with Gasteiger partial charge in [-0.15, -0.1) is 0 Å². The summed E-state index contributed by atoms with van der Waals surface area (Å²) in [6.45, 7) is 0.269. The topological polar surface area (TPSA) is 133 Å². The molecule has 1 fully saturated rings. The molecule has 30 heavy (non-hydrogen) atoms. The van der Waals surface area contributed by atoms with Crippen LogP contribution in [-0.4, -0.2) is 60.8 Å². The van der Waals surface area contributed by atoms with E-state index < -0.39 is 0 Å². The van der Waals surface area contributed by atoms with Crippen molar-refractivity contribution in [2.45, 2.75) is 38.1 Å². The van der Waals surface area contributed by atoms with Crippen LogP contribution in [0.2, 0.25) is 0 Å². The monoisotopic (exact) mass is 410 g/mol. The molecule has 5 rings (SSSR count). The van der Waals surface area contributed by atoms with Gasteiger partial charge in [0.05, 0.1) is 18.4 Å². The van der Waals surface area contributed by atoms with Crippen LogP contribution < -0.4 is 10.2 Å². The third-order valence-corrected chi connectivity index (χ3v) is 5.31. The van der Waals surface area contributed by atoms with Gasteiger partial charge in [0, 0.05) is 26.3 Å². The Morgan fingerprint density at radius 3 is 2.60 bits per heavy atom. The number of carbonyl (C=O) groups is 1. The number of fused-ring (bicyclic) bond motifs is 1. The van der Waals surface area contributed by atoms with E-state index in [1.807, 2.05) is 17.0 Å². The fraction of sp³-hybridized carbons (Fsp3) is 0.400. The number of hydrogen-bond acceptors (Lipinski definition) is 8. The zero-order valence-corrected chi connectivity index (χ0v) is 16.7. The average molecular weight is 410 g/mol. The Bertz CT molecular complexity index is 991. The van der Waals surface area contributed by atoms with Gasteiger partial charge in [0.25, 0.3) is 0 Å². The zero-order chi connectivity index (χ0) is 20.9. The molecule has 4 heterocycles. The van der Waals surface area contributed by atoms with Gasteiger partial charge in [0.2, 0.25) is 5.91 Å². The summed E-state index contributed by atoms with van der Waals surface area (Å²) in [7, 11) is 1.00. The largest absolute Gasteiger partial charge is 0.400 e. The van der Waals surface area contributed by atoms with Crippen LogP contribution in [0.4, 0.5) is 11.6 Å². The molecule has 158 valence electrons. The highest BCUT2D eigenvalue weighted by Gasteiger charge is 2.33. The SMILES string of the molecule is CO.O=C1CNc2ncc(-c3ccc(-c4ncn[nH]4)nc3)nc2N1C1CCCCC1.[HH]. The maximum Gasteiger partial charge on any atom is 0.247 e. The van der Waals surface area contributed by atoms with Crippen LogP contribution >= 0.6 is 0 Å². The van der Waals surface area contributed by atoms with Crippen LogP contribution in [0.15, 0.2) is 30.9 Å². The Hall–Kier alpha value is -3.40. The quantitative estimate of drug-likeness (QED) is 0.599. The highest BCUT2D eigenvalue weighted by atomic mass is 16.2. The van der Waals surface area contributed by atoms with Crippen LogP contribution in [0, 0.1) is 0 Å². The van der Waals surface area contributed by atoms with Gasteiger partial charge in [-0.3, -0.25) is 19.8 Å². The summed E-state index contributed by atoms with van der Waals surface area (Å²) >= 11 is 0. The lowest BCUT2D eigenvalue weighted by Crippen LogP contribution is -2.48. The van der Waals surface area contributed by atoms with Crippen molar-refractivity contribution in [2.75, 3.05) is 23.9 Å². The van der Waals surface area contributed by atoms with Crippen LogP contribution in [0.5, 0.6) is 0 Å². The molecule has 0 aromatic carbocycles. The summed E-state index contributed by atoms with van der Waals surface area (Å²) in [6, 6.07) is 3.99. The molecule has 0 atom stereocenters. The van der Waals surface area contributed by atoms with Crippen LogP contribution in [-0.2, 0) is 4.79 Å². The third kappa shape index (κ3) is 3.86. The molecule has 3 aromatic heterocycles. The van der Waals surface area contributed by atoms with Crippen molar-refractivity contribution in [3.8, 4) is 22.8 Å². The Kier molecular flexibility index (Phi) is 5.94. The standard InChI is InChI=1S/C19H20N8O.CH4O.H2/c28-16-10-22-18-19(27(16)13-4-2-1-3-5-13)25-15(9-21-18)12-6-7-14(20-8-12)17-23-11-24-26-17;1-2;/h6-9,11,13H,1-5,10H2,(H,21,22)(H,23,24,26);2H,1H3;1H. The third-order valence-electron chi connectivity index (χ3n) is 5.31. The highest BCUT2D eigenvalue weighted by Crippen LogP contribution is 2.34. The average Bonchev–Trinajstić information content (AvgIpc) is 3.36. The zero-order valence-electron chi connectivity index (χ0n) is 16.7. The predicted octanol–water partition coefficient (Wildman–Crippen LogP) is 2.27. The van der Waals surface area contributed by atoms with Crippen molar-refractivity contribution >= 4 is 17.5 Å². The molecular formula is C20H26N8O2. The molecule has 0 unspecified atom stereocenters. The van der Waals surface area contributed by atoms with E-state index in [-0.39, 0.29) is 19.9 Å². The molecule has 2 aliphatic rings. The number of aromatic amines is 1. The minimum Gasteiger partial charge on any atom is -0.400 e. The molecule has 0 spiro atoms. The van der Waals surface area contributed by atoms with E-state index in [1.54, 1.807) is 12.4 Å². The van der Waals surface area contributed by atoms with E-state index in [1.165, 1.54) is 12.7 Å². The maximum absolute atomic E-state index is 12.6. The van der Waals surface area contributed by atoms with E-state index in [0.29, 0.717) is 28.8 Å². The smallest absolute Gasteiger partial charge is 0.247 e. The molecule has 3 aromatic rings. The fourth-order valence-electron chi connectivity index (χ4n) is 3.90. The van der Waals surface area contributed by atoms with Crippen molar-refractivity contribution in [3.05, 3.63) is 30.9 Å². The van der Waals surface area contributed by atoms with Gasteiger partial charge < -0.3 is 10.4 Å². The summed E-state index contributed by atoms with van der Waals surface area (Å²) < 4.78 is 0. The van der Waals surface area contributed by atoms with Gasteiger partial charge in [-0.1, -0.05) is 19.3 Å². The number of aliphatic hydroxyl groups excluding tert-OH is 1. The number of hydrogen-bond donors (Lipinski definition) is 3. The van der Waals surface area contributed by atoms with Gasteiger partial charge >= 0.3 is 0 Å². The van der Waals surface area contributed by atoms with E-state index in [2.05, 4.69) is 30.5 Å². The Morgan fingerprint density at radius 1 is 1.07 bits per heavy atom. The van der Waals surface area contributed by atoms with Crippen molar-refractivity contribution in [2.24, 2.45) is 0 Å². The molecule has 1 aliphatic carbocycles. The van der Waals surface area contributed by atoms with E-state index >= 15 is 0 Å². The number of nitrogens with one attached hydrogen (secondary N) is 2. The summed E-state index contributed by atoms with van der Waals surface area (Å²) in [4.78, 5) is 32.4. The Balaban J connectivity index is 0.000000883. The predicted molar refractivity (Wildman–Crippen MR) is 114 cm³/mol. The molecule has 3 N–H and O–H groups in total. The number of rotatable bonds is 3. The molecule has 0 radical (unpaired) electrons. The van der Waals surface area contributed by atoms with Crippen molar-refractivity contribution in [1.29, 1.82) is 0 Å². The van der Waals surface area contributed by atoms with Gasteiger partial charge in [0.15, 0.2) is 17.5 Å². The molecule has 1 amide bonds.